The molecule has 0 heterocycles. The van der Waals surface area contributed by atoms with Gasteiger partial charge < -0.3 is 19.4 Å². The smallest absolute Gasteiger partial charge is 0.512 e. The highest BCUT2D eigenvalue weighted by molar-refractivity contribution is 6.33. The van der Waals surface area contributed by atoms with Gasteiger partial charge in [-0.15, -0.1) is 0 Å². The summed E-state index contributed by atoms with van der Waals surface area (Å²) in [6.07, 6.45) is 0.730. The lowest BCUT2D eigenvalue weighted by atomic mass is 10.2. The van der Waals surface area contributed by atoms with E-state index in [2.05, 4.69) is 0 Å². The van der Waals surface area contributed by atoms with Gasteiger partial charge >= 0.3 is 7.32 Å². The molecule has 19 heavy (non-hydrogen) atoms. The molecular formula is C14H15BO4. The molecular weight excluding hydrogens is 243 g/mol. The molecule has 0 spiro atoms. The van der Waals surface area contributed by atoms with E-state index < -0.39 is 7.32 Å². The normalized spacial score (nSPS) is 10.7. The highest BCUT2D eigenvalue weighted by Gasteiger charge is 2.11. The first-order valence-electron chi connectivity index (χ1n) is 6.46. The zero-order valence-corrected chi connectivity index (χ0v) is 10.3. The van der Waals surface area contributed by atoms with Gasteiger partial charge in [-0.1, -0.05) is 36.4 Å². The summed E-state index contributed by atoms with van der Waals surface area (Å²) in [6, 6.07) is 14.6. The lowest BCUT2D eigenvalue weighted by molar-refractivity contribution is 0.285. The molecule has 0 unspecified atom stereocenters. The molecule has 0 fully saturated rings. The molecule has 0 saturated heterocycles. The fraction of sp³-hybridized carbons (Fsp3) is 0.143. The van der Waals surface area contributed by atoms with E-state index >= 15 is 0 Å². The van der Waals surface area contributed by atoms with E-state index in [0.29, 0.717) is 12.4 Å². The zero-order chi connectivity index (χ0) is 14.4. The fourth-order valence-electron chi connectivity index (χ4n) is 1.62. The Bertz CT molecular complexity index is 548. The van der Waals surface area contributed by atoms with Crippen LogP contribution in [0.15, 0.2) is 54.6 Å². The molecule has 2 rings (SSSR count). The molecule has 2 aromatic rings. The van der Waals surface area contributed by atoms with Crippen molar-refractivity contribution in [3.8, 4) is 11.5 Å². The Morgan fingerprint density at radius 3 is 2.47 bits per heavy atom. The van der Waals surface area contributed by atoms with Crippen molar-refractivity contribution in [3.63, 3.8) is 0 Å². The van der Waals surface area contributed by atoms with Crippen molar-refractivity contribution in [3.05, 3.63) is 60.1 Å². The standard InChI is InChI=1S/C14H15BO4/c16-15(17)19-14-8-4-7-13(11-14)18-10-9-12-5-2-1-3-6-12/h1-8,11,16-17H,9-10H2/i11D. The second-order valence-electron chi connectivity index (χ2n) is 3.91. The van der Waals surface area contributed by atoms with Crippen molar-refractivity contribution >= 4 is 7.32 Å². The lowest BCUT2D eigenvalue weighted by Crippen LogP contribution is -2.20. The quantitative estimate of drug-likeness (QED) is 0.774. The molecule has 2 N–H and O–H groups in total. The molecule has 0 aliphatic rings. The molecule has 0 saturated carbocycles. The highest BCUT2D eigenvalue weighted by Crippen LogP contribution is 2.19. The first kappa shape index (κ1) is 12.1. The van der Waals surface area contributed by atoms with Crippen LogP contribution in [0.2, 0.25) is 0 Å². The van der Waals surface area contributed by atoms with Gasteiger partial charge in [-0.2, -0.15) is 0 Å². The largest absolute Gasteiger partial charge is 0.707 e. The van der Waals surface area contributed by atoms with Crippen LogP contribution >= 0.6 is 0 Å². The van der Waals surface area contributed by atoms with Gasteiger partial charge in [0.2, 0.25) is 0 Å². The number of benzene rings is 2. The van der Waals surface area contributed by atoms with Crippen molar-refractivity contribution in [1.29, 1.82) is 0 Å². The van der Waals surface area contributed by atoms with Gasteiger partial charge in [0.25, 0.3) is 0 Å². The Labute approximate surface area is 113 Å². The fourth-order valence-corrected chi connectivity index (χ4v) is 1.62. The van der Waals surface area contributed by atoms with Crippen LogP contribution in [0.5, 0.6) is 11.5 Å². The van der Waals surface area contributed by atoms with E-state index in [1.54, 1.807) is 12.1 Å². The minimum absolute atomic E-state index is 0.00587. The summed E-state index contributed by atoms with van der Waals surface area (Å²) in [5.41, 5.74) is 1.15. The third-order valence-corrected chi connectivity index (χ3v) is 2.47. The first-order valence-corrected chi connectivity index (χ1v) is 5.96. The van der Waals surface area contributed by atoms with Crippen LogP contribution in [0, 0.1) is 0 Å². The molecule has 0 aliphatic heterocycles. The van der Waals surface area contributed by atoms with Gasteiger partial charge in [0.1, 0.15) is 11.5 Å². The van der Waals surface area contributed by atoms with Gasteiger partial charge in [-0.3, -0.25) is 0 Å². The van der Waals surface area contributed by atoms with Gasteiger partial charge in [-0.25, -0.2) is 0 Å². The van der Waals surface area contributed by atoms with E-state index in [1.807, 2.05) is 30.3 Å². The van der Waals surface area contributed by atoms with E-state index in [9.17, 15) is 0 Å². The van der Waals surface area contributed by atoms with Crippen LogP contribution in [-0.4, -0.2) is 24.0 Å². The van der Waals surface area contributed by atoms with Crippen LogP contribution in [-0.2, 0) is 6.42 Å². The predicted octanol–water partition coefficient (Wildman–Crippen LogP) is 1.66. The van der Waals surface area contributed by atoms with Crippen LogP contribution < -0.4 is 9.39 Å². The van der Waals surface area contributed by atoms with Crippen molar-refractivity contribution in [2.24, 2.45) is 0 Å². The van der Waals surface area contributed by atoms with Crippen molar-refractivity contribution in [1.82, 2.24) is 0 Å². The summed E-state index contributed by atoms with van der Waals surface area (Å²) < 4.78 is 18.1. The van der Waals surface area contributed by atoms with E-state index in [4.69, 9.17) is 20.8 Å². The molecule has 5 heteroatoms. The number of rotatable bonds is 6. The molecule has 2 aromatic carbocycles. The van der Waals surface area contributed by atoms with Gasteiger partial charge in [0, 0.05) is 12.5 Å². The molecule has 0 amide bonds. The SMILES string of the molecule is [2H]c1c(OCCc2ccccc2)cccc1OB(O)O. The summed E-state index contributed by atoms with van der Waals surface area (Å²) in [5.74, 6) is 0.413. The van der Waals surface area contributed by atoms with Gasteiger partial charge in [0.15, 0.2) is 0 Å². The monoisotopic (exact) mass is 259 g/mol. The minimum atomic E-state index is -1.95. The topological polar surface area (TPSA) is 58.9 Å². The Balaban J connectivity index is 1.96. The van der Waals surface area contributed by atoms with Crippen LogP contribution in [0.25, 0.3) is 0 Å². The van der Waals surface area contributed by atoms with Gasteiger partial charge in [0.05, 0.1) is 7.98 Å². The number of hydrogen-bond acceptors (Lipinski definition) is 4. The molecule has 0 radical (unpaired) electrons. The third-order valence-electron chi connectivity index (χ3n) is 2.47. The van der Waals surface area contributed by atoms with Crippen LogP contribution in [0.3, 0.4) is 0 Å². The minimum Gasteiger partial charge on any atom is -0.512 e. The predicted molar refractivity (Wildman–Crippen MR) is 72.9 cm³/mol. The Kier molecular flexibility index (Phi) is 4.34. The maximum absolute atomic E-state index is 8.76. The highest BCUT2D eigenvalue weighted by atomic mass is 16.6. The maximum atomic E-state index is 8.76. The van der Waals surface area contributed by atoms with E-state index in [-0.39, 0.29) is 11.8 Å². The lowest BCUT2D eigenvalue weighted by Gasteiger charge is -2.09. The molecule has 0 aliphatic carbocycles. The summed E-state index contributed by atoms with van der Waals surface area (Å²) in [4.78, 5) is 0. The second-order valence-corrected chi connectivity index (χ2v) is 3.91. The third kappa shape index (κ3) is 4.65. The average Bonchev–Trinajstić information content (AvgIpc) is 2.43. The Morgan fingerprint density at radius 1 is 1.00 bits per heavy atom. The second kappa shape index (κ2) is 6.82. The number of hydrogen-bond donors (Lipinski definition) is 2. The van der Waals surface area contributed by atoms with Crippen molar-refractivity contribution < 1.29 is 20.8 Å². The number of ether oxygens (including phenoxy) is 1. The first-order chi connectivity index (χ1) is 9.66. The Morgan fingerprint density at radius 2 is 1.74 bits per heavy atom. The van der Waals surface area contributed by atoms with Gasteiger partial charge in [-0.05, 0) is 17.7 Å². The molecule has 0 aromatic heterocycles. The molecule has 98 valence electrons. The van der Waals surface area contributed by atoms with Crippen molar-refractivity contribution in [2.75, 3.05) is 6.61 Å². The summed E-state index contributed by atoms with van der Waals surface area (Å²) >= 11 is 0. The summed E-state index contributed by atoms with van der Waals surface area (Å²) in [6.45, 7) is 0.432. The van der Waals surface area contributed by atoms with Crippen molar-refractivity contribution in [2.45, 2.75) is 6.42 Å². The summed E-state index contributed by atoms with van der Waals surface area (Å²) in [5, 5.41) is 17.5. The maximum Gasteiger partial charge on any atom is 0.707 e. The average molecular weight is 259 g/mol. The molecule has 0 atom stereocenters. The molecule has 0 bridgehead atoms. The zero-order valence-electron chi connectivity index (χ0n) is 11.3. The Hall–Kier alpha value is -1.98. The van der Waals surface area contributed by atoms with Crippen LogP contribution in [0.1, 0.15) is 6.93 Å². The summed E-state index contributed by atoms with van der Waals surface area (Å²) in [7, 11) is -1.95. The van der Waals surface area contributed by atoms with E-state index in [0.717, 1.165) is 12.0 Å². The van der Waals surface area contributed by atoms with Crippen LogP contribution in [0.4, 0.5) is 0 Å². The van der Waals surface area contributed by atoms with E-state index in [1.165, 1.54) is 6.07 Å². The molecule has 4 nitrogen and oxygen atoms in total.